The van der Waals surface area contributed by atoms with E-state index in [9.17, 15) is 43.2 Å². The van der Waals surface area contributed by atoms with Gasteiger partial charge in [0.15, 0.2) is 12.2 Å². The fourth-order valence-electron chi connectivity index (χ4n) is 10.7. The van der Waals surface area contributed by atoms with Crippen molar-refractivity contribution in [3.05, 3.63) is 24.3 Å². The van der Waals surface area contributed by atoms with Gasteiger partial charge in [-0.3, -0.25) is 37.3 Å². The molecule has 0 radical (unpaired) electrons. The van der Waals surface area contributed by atoms with Crippen LogP contribution in [-0.4, -0.2) is 96.7 Å². The number of allylic oxidation sites excluding steroid dienone is 4. The SMILES string of the molecule is CCCCCC/C=C\C=C/CCCCCCCC(=O)OC[C@H](COP(=O)(O)OC[C@@H](O)COP(=O)(O)OC[C@@H](COC(=O)CCCCCCCCC(C)CC)OC(=O)CCCCCCCCCCCC(C)C)OC(=O)CCCCCCCCCCCCCCCC(C)C. The zero-order valence-electron chi connectivity index (χ0n) is 60.2. The lowest BCUT2D eigenvalue weighted by Crippen LogP contribution is -2.30. The summed E-state index contributed by atoms with van der Waals surface area (Å²) in [5.74, 6) is 0.0955. The third kappa shape index (κ3) is 66.6. The Balaban J connectivity index is 5.29. The second-order valence-electron chi connectivity index (χ2n) is 27.2. The molecular formula is C74H140O17P2. The molecule has 93 heavy (non-hydrogen) atoms. The van der Waals surface area contributed by atoms with Crippen LogP contribution in [0.5, 0.6) is 0 Å². The van der Waals surface area contributed by atoms with Crippen LogP contribution in [-0.2, 0) is 65.4 Å². The Kier molecular flexibility index (Phi) is 62.5. The van der Waals surface area contributed by atoms with Crippen molar-refractivity contribution in [2.24, 2.45) is 17.8 Å². The summed E-state index contributed by atoms with van der Waals surface area (Å²) in [7, 11) is -9.92. The molecule has 19 heteroatoms. The quantitative estimate of drug-likeness (QED) is 0.0169. The van der Waals surface area contributed by atoms with Gasteiger partial charge in [-0.2, -0.15) is 0 Å². The molecule has 0 bridgehead atoms. The number of ether oxygens (including phenoxy) is 4. The number of carbonyl (C=O) groups is 4. The first-order chi connectivity index (χ1) is 44.8. The fourth-order valence-corrected chi connectivity index (χ4v) is 12.3. The van der Waals surface area contributed by atoms with Gasteiger partial charge in [-0.25, -0.2) is 9.13 Å². The van der Waals surface area contributed by atoms with E-state index in [1.165, 1.54) is 135 Å². The second kappa shape index (κ2) is 64.2. The topological polar surface area (TPSA) is 237 Å². The monoisotopic (exact) mass is 1360 g/mol. The number of phosphoric acid groups is 2. The number of hydrogen-bond donors (Lipinski definition) is 3. The highest BCUT2D eigenvalue weighted by Gasteiger charge is 2.30. The molecule has 548 valence electrons. The molecule has 0 saturated carbocycles. The number of esters is 4. The summed E-state index contributed by atoms with van der Waals surface area (Å²) >= 11 is 0. The van der Waals surface area contributed by atoms with E-state index in [2.05, 4.69) is 72.8 Å². The summed E-state index contributed by atoms with van der Waals surface area (Å²) in [5.41, 5.74) is 0. The minimum Gasteiger partial charge on any atom is -0.462 e. The second-order valence-corrected chi connectivity index (χ2v) is 30.1. The predicted molar refractivity (Wildman–Crippen MR) is 377 cm³/mol. The number of aliphatic hydroxyl groups is 1. The Morgan fingerprint density at radius 2 is 0.634 bits per heavy atom. The van der Waals surface area contributed by atoms with E-state index >= 15 is 0 Å². The smallest absolute Gasteiger partial charge is 0.462 e. The third-order valence-corrected chi connectivity index (χ3v) is 18.8. The summed E-state index contributed by atoms with van der Waals surface area (Å²) in [6, 6.07) is 0. The van der Waals surface area contributed by atoms with E-state index in [0.29, 0.717) is 25.7 Å². The molecule has 0 heterocycles. The van der Waals surface area contributed by atoms with E-state index in [-0.39, 0.29) is 25.7 Å². The minimum atomic E-state index is -4.96. The molecule has 0 aromatic carbocycles. The molecule has 6 atom stereocenters. The zero-order chi connectivity index (χ0) is 68.7. The van der Waals surface area contributed by atoms with Gasteiger partial charge in [0.2, 0.25) is 0 Å². The van der Waals surface area contributed by atoms with E-state index in [4.69, 9.17) is 37.0 Å². The van der Waals surface area contributed by atoms with Gasteiger partial charge in [-0.05, 0) is 69.1 Å². The van der Waals surface area contributed by atoms with Gasteiger partial charge in [0.1, 0.15) is 19.3 Å². The summed E-state index contributed by atoms with van der Waals surface area (Å²) in [4.78, 5) is 72.7. The van der Waals surface area contributed by atoms with Crippen molar-refractivity contribution >= 4 is 39.5 Å². The first kappa shape index (κ1) is 90.5. The van der Waals surface area contributed by atoms with Gasteiger partial charge in [-0.15, -0.1) is 0 Å². The first-order valence-corrected chi connectivity index (χ1v) is 40.7. The summed E-state index contributed by atoms with van der Waals surface area (Å²) < 4.78 is 68.4. The molecule has 0 spiro atoms. The average molecular weight is 1360 g/mol. The maximum atomic E-state index is 13.1. The van der Waals surface area contributed by atoms with Crippen molar-refractivity contribution in [3.63, 3.8) is 0 Å². The average Bonchev–Trinajstić information content (AvgIpc) is 2.25. The summed E-state index contributed by atoms with van der Waals surface area (Å²) in [6.07, 6.45) is 52.2. The van der Waals surface area contributed by atoms with Crippen LogP contribution in [0.1, 0.15) is 350 Å². The Hall–Kier alpha value is -2.46. The molecule has 3 N–H and O–H groups in total. The van der Waals surface area contributed by atoms with E-state index in [1.54, 1.807) is 0 Å². The normalized spacial score (nSPS) is 14.6. The lowest BCUT2D eigenvalue weighted by molar-refractivity contribution is -0.161. The van der Waals surface area contributed by atoms with Gasteiger partial charge in [0, 0.05) is 25.7 Å². The number of carbonyl (C=O) groups excluding carboxylic acids is 4. The maximum absolute atomic E-state index is 13.1. The Labute approximate surface area is 567 Å². The maximum Gasteiger partial charge on any atom is 0.472 e. The number of aliphatic hydroxyl groups excluding tert-OH is 1. The number of phosphoric ester groups is 2. The molecule has 0 amide bonds. The highest BCUT2D eigenvalue weighted by atomic mass is 31.2. The molecule has 0 aliphatic heterocycles. The standard InChI is InChI=1S/C74H140O17P2/c1-8-10-11-12-13-14-15-16-17-20-23-28-33-41-48-55-71(76)84-61-69(90-73(78)57-50-43-34-29-24-21-18-19-22-26-31-38-45-52-65(3)4)63-88-92(80,81)86-59-68(75)60-87-93(82,83)89-64-70(62-85-72(77)56-49-42-37-36-40-47-54-67(7)9-2)91-74(79)58-51-44-35-30-25-27-32-39-46-53-66(5)6/h14-17,65-70,75H,8-13,18-64H2,1-7H3,(H,80,81)(H,82,83)/b15-14-,17-16-/t67?,68-,69-,70-/m1/s1. The number of hydrogen-bond acceptors (Lipinski definition) is 15. The number of rotatable bonds is 70. The fraction of sp³-hybridized carbons (Fsp3) is 0.892. The summed E-state index contributed by atoms with van der Waals surface area (Å²) in [5, 5.41) is 10.6. The predicted octanol–water partition coefficient (Wildman–Crippen LogP) is 21.0. The third-order valence-electron chi connectivity index (χ3n) is 16.9. The van der Waals surface area contributed by atoms with Crippen molar-refractivity contribution in [3.8, 4) is 0 Å². The molecule has 0 fully saturated rings. The van der Waals surface area contributed by atoms with Crippen molar-refractivity contribution in [2.75, 3.05) is 39.6 Å². The van der Waals surface area contributed by atoms with Gasteiger partial charge in [-0.1, -0.05) is 297 Å². The van der Waals surface area contributed by atoms with E-state index < -0.39 is 97.5 Å². The van der Waals surface area contributed by atoms with Crippen molar-refractivity contribution in [2.45, 2.75) is 369 Å². The van der Waals surface area contributed by atoms with Crippen molar-refractivity contribution in [1.29, 1.82) is 0 Å². The molecular weight excluding hydrogens is 1220 g/mol. The van der Waals surface area contributed by atoms with Crippen LogP contribution >= 0.6 is 15.6 Å². The highest BCUT2D eigenvalue weighted by Crippen LogP contribution is 2.45. The molecule has 3 unspecified atom stereocenters. The molecule has 0 aliphatic carbocycles. The number of unbranched alkanes of at least 4 members (excludes halogenated alkanes) is 34. The largest absolute Gasteiger partial charge is 0.472 e. The molecule has 0 saturated heterocycles. The Bertz CT molecular complexity index is 1910. The van der Waals surface area contributed by atoms with Crippen LogP contribution < -0.4 is 0 Å². The van der Waals surface area contributed by atoms with Crippen LogP contribution in [0.2, 0.25) is 0 Å². The zero-order valence-corrected chi connectivity index (χ0v) is 62.0. The van der Waals surface area contributed by atoms with Gasteiger partial charge in [0.25, 0.3) is 0 Å². The lowest BCUT2D eigenvalue weighted by atomic mass is 10.00. The molecule has 0 aromatic rings. The van der Waals surface area contributed by atoms with Gasteiger partial charge in [0.05, 0.1) is 26.4 Å². The molecule has 0 aliphatic rings. The molecule has 17 nitrogen and oxygen atoms in total. The Morgan fingerprint density at radius 3 is 0.957 bits per heavy atom. The van der Waals surface area contributed by atoms with Crippen molar-refractivity contribution < 1.29 is 80.2 Å². The van der Waals surface area contributed by atoms with Crippen LogP contribution in [0, 0.1) is 17.8 Å². The minimum absolute atomic E-state index is 0.0998. The van der Waals surface area contributed by atoms with E-state index in [0.717, 1.165) is 133 Å². The van der Waals surface area contributed by atoms with Crippen LogP contribution in [0.4, 0.5) is 0 Å². The van der Waals surface area contributed by atoms with Crippen LogP contribution in [0.3, 0.4) is 0 Å². The molecule has 0 rings (SSSR count). The summed E-state index contributed by atoms with van der Waals surface area (Å²) in [6.45, 7) is 11.8. The van der Waals surface area contributed by atoms with Crippen LogP contribution in [0.15, 0.2) is 24.3 Å². The molecule has 0 aromatic heterocycles. The lowest BCUT2D eigenvalue weighted by Gasteiger charge is -2.21. The highest BCUT2D eigenvalue weighted by molar-refractivity contribution is 7.47. The first-order valence-electron chi connectivity index (χ1n) is 37.7. The Morgan fingerprint density at radius 1 is 0.355 bits per heavy atom. The van der Waals surface area contributed by atoms with Gasteiger partial charge >= 0.3 is 39.5 Å². The van der Waals surface area contributed by atoms with Crippen molar-refractivity contribution in [1.82, 2.24) is 0 Å². The van der Waals surface area contributed by atoms with Gasteiger partial charge < -0.3 is 33.8 Å². The van der Waals surface area contributed by atoms with E-state index in [1.807, 2.05) is 0 Å². The van der Waals surface area contributed by atoms with Crippen LogP contribution in [0.25, 0.3) is 0 Å².